The SMILES string of the molecule is NC(=O)c1ccc(C(=O)NCC2CCCO2)nc1. The van der Waals surface area contributed by atoms with Crippen molar-refractivity contribution in [1.29, 1.82) is 0 Å². The molecule has 1 aliphatic rings. The number of primary amides is 1. The Kier molecular flexibility index (Phi) is 3.88. The molecule has 1 aromatic rings. The summed E-state index contributed by atoms with van der Waals surface area (Å²) in [6.07, 6.45) is 3.39. The lowest BCUT2D eigenvalue weighted by atomic mass is 10.2. The number of hydrogen-bond donors (Lipinski definition) is 2. The maximum Gasteiger partial charge on any atom is 0.269 e. The number of hydrogen-bond acceptors (Lipinski definition) is 4. The smallest absolute Gasteiger partial charge is 0.269 e. The normalized spacial score (nSPS) is 18.6. The predicted octanol–water partition coefficient (Wildman–Crippen LogP) is 0.0893. The highest BCUT2D eigenvalue weighted by Gasteiger charge is 2.17. The third kappa shape index (κ3) is 3.04. The van der Waals surface area contributed by atoms with Crippen molar-refractivity contribution >= 4 is 11.8 Å². The molecule has 0 aromatic carbocycles. The first kappa shape index (κ1) is 12.5. The van der Waals surface area contributed by atoms with E-state index in [1.165, 1.54) is 18.3 Å². The Balaban J connectivity index is 1.89. The first-order valence-electron chi connectivity index (χ1n) is 5.82. The standard InChI is InChI=1S/C12H15N3O3/c13-11(16)8-3-4-10(14-6-8)12(17)15-7-9-2-1-5-18-9/h3-4,6,9H,1-2,5,7H2,(H2,13,16)(H,15,17). The van der Waals surface area contributed by atoms with E-state index >= 15 is 0 Å². The number of nitrogens with one attached hydrogen (secondary N) is 1. The maximum atomic E-state index is 11.7. The van der Waals surface area contributed by atoms with Crippen molar-refractivity contribution in [3.05, 3.63) is 29.6 Å². The van der Waals surface area contributed by atoms with E-state index in [9.17, 15) is 9.59 Å². The van der Waals surface area contributed by atoms with E-state index in [4.69, 9.17) is 10.5 Å². The fourth-order valence-electron chi connectivity index (χ4n) is 1.78. The Hall–Kier alpha value is -1.95. The molecule has 0 saturated carbocycles. The van der Waals surface area contributed by atoms with E-state index in [-0.39, 0.29) is 23.3 Å². The molecule has 6 nitrogen and oxygen atoms in total. The first-order valence-corrected chi connectivity index (χ1v) is 5.82. The molecule has 1 aliphatic heterocycles. The molecule has 0 aliphatic carbocycles. The Morgan fingerprint density at radius 3 is 2.89 bits per heavy atom. The van der Waals surface area contributed by atoms with Gasteiger partial charge in [-0.25, -0.2) is 0 Å². The third-order valence-electron chi connectivity index (χ3n) is 2.79. The molecule has 2 amide bonds. The molecule has 2 rings (SSSR count). The number of nitrogens with two attached hydrogens (primary N) is 1. The summed E-state index contributed by atoms with van der Waals surface area (Å²) in [5.41, 5.74) is 5.63. The number of pyridine rings is 1. The van der Waals surface area contributed by atoms with E-state index < -0.39 is 5.91 Å². The highest BCUT2D eigenvalue weighted by molar-refractivity contribution is 5.95. The van der Waals surface area contributed by atoms with Crippen LogP contribution in [0.1, 0.15) is 33.7 Å². The van der Waals surface area contributed by atoms with Crippen LogP contribution in [0, 0.1) is 0 Å². The topological polar surface area (TPSA) is 94.3 Å². The average molecular weight is 249 g/mol. The second-order valence-corrected chi connectivity index (χ2v) is 4.14. The van der Waals surface area contributed by atoms with Gasteiger partial charge in [-0.05, 0) is 25.0 Å². The van der Waals surface area contributed by atoms with Crippen LogP contribution in [0.5, 0.6) is 0 Å². The Labute approximate surface area is 105 Å². The summed E-state index contributed by atoms with van der Waals surface area (Å²) >= 11 is 0. The highest BCUT2D eigenvalue weighted by atomic mass is 16.5. The van der Waals surface area contributed by atoms with Gasteiger partial charge in [0.1, 0.15) is 5.69 Å². The minimum atomic E-state index is -0.561. The van der Waals surface area contributed by atoms with Crippen LogP contribution < -0.4 is 11.1 Å². The summed E-state index contributed by atoms with van der Waals surface area (Å²) < 4.78 is 5.39. The zero-order chi connectivity index (χ0) is 13.0. The van der Waals surface area contributed by atoms with Crippen LogP contribution in [0.2, 0.25) is 0 Å². The molecule has 2 heterocycles. The molecule has 96 valence electrons. The van der Waals surface area contributed by atoms with Gasteiger partial charge in [0.25, 0.3) is 5.91 Å². The highest BCUT2D eigenvalue weighted by Crippen LogP contribution is 2.10. The van der Waals surface area contributed by atoms with Gasteiger partial charge in [-0.1, -0.05) is 0 Å². The summed E-state index contributed by atoms with van der Waals surface area (Å²) in [6.45, 7) is 1.24. The fraction of sp³-hybridized carbons (Fsp3) is 0.417. The van der Waals surface area contributed by atoms with Gasteiger partial charge in [-0.2, -0.15) is 0 Å². The van der Waals surface area contributed by atoms with Crippen molar-refractivity contribution in [3.8, 4) is 0 Å². The van der Waals surface area contributed by atoms with Crippen molar-refractivity contribution in [1.82, 2.24) is 10.3 Å². The molecule has 0 bridgehead atoms. The monoisotopic (exact) mass is 249 g/mol. The van der Waals surface area contributed by atoms with Crippen LogP contribution in [-0.4, -0.2) is 36.1 Å². The summed E-state index contributed by atoms with van der Waals surface area (Å²) in [5.74, 6) is -0.838. The molecule has 1 saturated heterocycles. The fourth-order valence-corrected chi connectivity index (χ4v) is 1.78. The molecule has 18 heavy (non-hydrogen) atoms. The van der Waals surface area contributed by atoms with Crippen LogP contribution in [0.3, 0.4) is 0 Å². The predicted molar refractivity (Wildman–Crippen MR) is 64.1 cm³/mol. The van der Waals surface area contributed by atoms with Crippen LogP contribution in [0.25, 0.3) is 0 Å². The van der Waals surface area contributed by atoms with Crippen LogP contribution in [0.4, 0.5) is 0 Å². The lowest BCUT2D eigenvalue weighted by Crippen LogP contribution is -2.32. The van der Waals surface area contributed by atoms with Crippen LogP contribution >= 0.6 is 0 Å². The van der Waals surface area contributed by atoms with Crippen molar-refractivity contribution in [2.24, 2.45) is 5.73 Å². The first-order chi connectivity index (χ1) is 8.66. The van der Waals surface area contributed by atoms with E-state index in [0.29, 0.717) is 6.54 Å². The lowest BCUT2D eigenvalue weighted by molar-refractivity contribution is 0.0853. The van der Waals surface area contributed by atoms with E-state index in [1.807, 2.05) is 0 Å². The molecule has 0 spiro atoms. The summed E-state index contributed by atoms with van der Waals surface area (Å²) in [4.78, 5) is 26.5. The van der Waals surface area contributed by atoms with Gasteiger partial charge >= 0.3 is 0 Å². The number of carbonyl (C=O) groups excluding carboxylic acids is 2. The molecule has 1 fully saturated rings. The second kappa shape index (κ2) is 5.59. The van der Waals surface area contributed by atoms with Crippen molar-refractivity contribution in [2.75, 3.05) is 13.2 Å². The largest absolute Gasteiger partial charge is 0.376 e. The van der Waals surface area contributed by atoms with Gasteiger partial charge in [-0.3, -0.25) is 14.6 Å². The molecular formula is C12H15N3O3. The van der Waals surface area contributed by atoms with Crippen molar-refractivity contribution in [2.45, 2.75) is 18.9 Å². The summed E-state index contributed by atoms with van der Waals surface area (Å²) in [6, 6.07) is 2.96. The van der Waals surface area contributed by atoms with E-state index in [1.54, 1.807) is 0 Å². The minimum absolute atomic E-state index is 0.0962. The van der Waals surface area contributed by atoms with Gasteiger partial charge in [-0.15, -0.1) is 0 Å². The zero-order valence-corrected chi connectivity index (χ0v) is 9.89. The summed E-state index contributed by atoms with van der Waals surface area (Å²) in [7, 11) is 0. The van der Waals surface area contributed by atoms with Crippen molar-refractivity contribution in [3.63, 3.8) is 0 Å². The molecule has 6 heteroatoms. The number of amides is 2. The van der Waals surface area contributed by atoms with Crippen molar-refractivity contribution < 1.29 is 14.3 Å². The molecule has 1 aromatic heterocycles. The number of rotatable bonds is 4. The second-order valence-electron chi connectivity index (χ2n) is 4.14. The summed E-state index contributed by atoms with van der Waals surface area (Å²) in [5, 5.41) is 2.75. The molecule has 3 N–H and O–H groups in total. The van der Waals surface area contributed by atoms with Gasteiger partial charge < -0.3 is 15.8 Å². The van der Waals surface area contributed by atoms with Gasteiger partial charge in [0.15, 0.2) is 0 Å². The van der Waals surface area contributed by atoms with Gasteiger partial charge in [0.2, 0.25) is 5.91 Å². The molecule has 1 atom stereocenters. The quantitative estimate of drug-likeness (QED) is 0.790. The van der Waals surface area contributed by atoms with E-state index in [2.05, 4.69) is 10.3 Å². The average Bonchev–Trinajstić information content (AvgIpc) is 2.89. The number of carbonyl (C=O) groups is 2. The molecule has 0 radical (unpaired) electrons. The Morgan fingerprint density at radius 2 is 2.33 bits per heavy atom. The number of nitrogens with zero attached hydrogens (tertiary/aromatic N) is 1. The Morgan fingerprint density at radius 1 is 1.50 bits per heavy atom. The Bertz CT molecular complexity index is 438. The van der Waals surface area contributed by atoms with Gasteiger partial charge in [0.05, 0.1) is 11.7 Å². The lowest BCUT2D eigenvalue weighted by Gasteiger charge is -2.10. The number of ether oxygens (including phenoxy) is 1. The van der Waals surface area contributed by atoms with Crippen LogP contribution in [-0.2, 0) is 4.74 Å². The van der Waals surface area contributed by atoms with Crippen LogP contribution in [0.15, 0.2) is 18.3 Å². The van der Waals surface area contributed by atoms with Gasteiger partial charge in [0, 0.05) is 19.3 Å². The molecule has 1 unspecified atom stereocenters. The zero-order valence-electron chi connectivity index (χ0n) is 9.89. The molecular weight excluding hydrogens is 234 g/mol. The minimum Gasteiger partial charge on any atom is -0.376 e. The third-order valence-corrected chi connectivity index (χ3v) is 2.79. The number of aromatic nitrogens is 1. The van der Waals surface area contributed by atoms with E-state index in [0.717, 1.165) is 19.4 Å². The maximum absolute atomic E-state index is 11.7.